The molecule has 3 N–H and O–H groups in total. The first-order chi connectivity index (χ1) is 11.9. The summed E-state index contributed by atoms with van der Waals surface area (Å²) in [5.74, 6) is 0.884. The quantitative estimate of drug-likeness (QED) is 0.882. The molecule has 2 unspecified atom stereocenters. The summed E-state index contributed by atoms with van der Waals surface area (Å²) < 4.78 is 0. The predicted molar refractivity (Wildman–Crippen MR) is 99.0 cm³/mol. The molecule has 2 aliphatic rings. The van der Waals surface area contributed by atoms with Crippen LogP contribution in [0.5, 0.6) is 0 Å². The number of carbonyl (C=O) groups excluding carboxylic acids is 2. The number of carbonyl (C=O) groups is 2. The molecule has 136 valence electrons. The zero-order chi connectivity index (χ0) is 18.0. The third-order valence-corrected chi connectivity index (χ3v) is 5.85. The van der Waals surface area contributed by atoms with Crippen molar-refractivity contribution in [2.75, 3.05) is 18.9 Å². The van der Waals surface area contributed by atoms with Crippen molar-refractivity contribution in [3.05, 3.63) is 29.8 Å². The molecule has 5 heteroatoms. The van der Waals surface area contributed by atoms with Gasteiger partial charge < -0.3 is 16.0 Å². The van der Waals surface area contributed by atoms with Crippen molar-refractivity contribution in [3.63, 3.8) is 0 Å². The normalized spacial score (nSPS) is 28.3. The molecule has 1 aromatic rings. The molecular weight excluding hydrogens is 314 g/mol. The smallest absolute Gasteiger partial charge is 0.243 e. The molecule has 2 aliphatic carbocycles. The van der Waals surface area contributed by atoms with E-state index in [1.807, 2.05) is 31.2 Å². The van der Waals surface area contributed by atoms with Crippen LogP contribution < -0.4 is 11.1 Å². The number of hydrogen-bond acceptors (Lipinski definition) is 3. The number of amides is 2. The molecule has 2 atom stereocenters. The van der Waals surface area contributed by atoms with E-state index in [1.165, 1.54) is 6.42 Å². The standard InChI is InChI=1S/C20H29N3O2/c1-13-6-8-17(9-7-13)22-18(24)12-23(2)20(25)16-10-14-4-3-5-15(11-16)19(14)21/h6-9,14-16,19H,3-5,10-12,21H2,1-2H3,(H,22,24). The fourth-order valence-electron chi connectivity index (χ4n) is 4.43. The molecule has 0 spiro atoms. The summed E-state index contributed by atoms with van der Waals surface area (Å²) in [6, 6.07) is 7.91. The minimum atomic E-state index is -0.160. The first-order valence-corrected chi connectivity index (χ1v) is 9.31. The molecule has 5 nitrogen and oxygen atoms in total. The Hall–Kier alpha value is -1.88. The largest absolute Gasteiger partial charge is 0.336 e. The molecule has 1 aromatic carbocycles. The van der Waals surface area contributed by atoms with Crippen LogP contribution in [0.15, 0.2) is 24.3 Å². The lowest BCUT2D eigenvalue weighted by Gasteiger charge is -2.44. The lowest BCUT2D eigenvalue weighted by molar-refractivity contribution is -0.139. The van der Waals surface area contributed by atoms with Crippen LogP contribution >= 0.6 is 0 Å². The third-order valence-electron chi connectivity index (χ3n) is 5.85. The molecule has 0 heterocycles. The Morgan fingerprint density at radius 1 is 1.16 bits per heavy atom. The van der Waals surface area contributed by atoms with Gasteiger partial charge in [0.05, 0.1) is 6.54 Å². The van der Waals surface area contributed by atoms with Gasteiger partial charge in [0.1, 0.15) is 0 Å². The van der Waals surface area contributed by atoms with E-state index < -0.39 is 0 Å². The highest BCUT2D eigenvalue weighted by molar-refractivity contribution is 5.94. The van der Waals surface area contributed by atoms with Crippen molar-refractivity contribution in [2.45, 2.75) is 45.1 Å². The second-order valence-electron chi connectivity index (χ2n) is 7.81. The topological polar surface area (TPSA) is 75.4 Å². The van der Waals surface area contributed by atoms with Gasteiger partial charge in [0, 0.05) is 24.7 Å². The molecule has 2 fully saturated rings. The van der Waals surface area contributed by atoms with E-state index in [1.54, 1.807) is 11.9 Å². The van der Waals surface area contributed by atoms with Gasteiger partial charge in [0.15, 0.2) is 0 Å². The van der Waals surface area contributed by atoms with Crippen LogP contribution in [0.1, 0.15) is 37.7 Å². The SMILES string of the molecule is Cc1ccc(NC(=O)CN(C)C(=O)C2CC3CCCC(C2)C3N)cc1. The molecule has 0 radical (unpaired) electrons. The van der Waals surface area contributed by atoms with Crippen LogP contribution in [0.25, 0.3) is 0 Å². The highest BCUT2D eigenvalue weighted by atomic mass is 16.2. The van der Waals surface area contributed by atoms with Crippen molar-refractivity contribution in [3.8, 4) is 0 Å². The summed E-state index contributed by atoms with van der Waals surface area (Å²) >= 11 is 0. The minimum Gasteiger partial charge on any atom is -0.336 e. The van der Waals surface area contributed by atoms with E-state index in [-0.39, 0.29) is 30.3 Å². The number of benzene rings is 1. The Bertz CT molecular complexity index is 614. The van der Waals surface area contributed by atoms with E-state index in [2.05, 4.69) is 5.32 Å². The van der Waals surface area contributed by atoms with Crippen LogP contribution in [0.2, 0.25) is 0 Å². The van der Waals surface area contributed by atoms with Crippen molar-refractivity contribution in [2.24, 2.45) is 23.5 Å². The Kier molecular flexibility index (Phi) is 5.42. The van der Waals surface area contributed by atoms with Gasteiger partial charge in [0.25, 0.3) is 0 Å². The number of nitrogens with zero attached hydrogens (tertiary/aromatic N) is 1. The zero-order valence-corrected chi connectivity index (χ0v) is 15.2. The fraction of sp³-hybridized carbons (Fsp3) is 0.600. The number of nitrogens with one attached hydrogen (secondary N) is 1. The minimum absolute atomic E-state index is 0.0206. The molecule has 0 saturated heterocycles. The van der Waals surface area contributed by atoms with Gasteiger partial charge in [-0.25, -0.2) is 0 Å². The number of hydrogen-bond donors (Lipinski definition) is 2. The van der Waals surface area contributed by atoms with Gasteiger partial charge in [-0.05, 0) is 56.6 Å². The summed E-state index contributed by atoms with van der Waals surface area (Å²) in [5, 5.41) is 2.85. The highest BCUT2D eigenvalue weighted by Crippen LogP contribution is 2.42. The Morgan fingerprint density at radius 3 is 2.36 bits per heavy atom. The van der Waals surface area contributed by atoms with E-state index in [0.29, 0.717) is 11.8 Å². The van der Waals surface area contributed by atoms with Gasteiger partial charge in [-0.2, -0.15) is 0 Å². The fourth-order valence-corrected chi connectivity index (χ4v) is 4.43. The van der Waals surface area contributed by atoms with Gasteiger partial charge >= 0.3 is 0 Å². The van der Waals surface area contributed by atoms with Crippen LogP contribution in [-0.2, 0) is 9.59 Å². The summed E-state index contributed by atoms with van der Waals surface area (Å²) in [5.41, 5.74) is 8.21. The molecule has 2 bridgehead atoms. The number of rotatable bonds is 4. The molecule has 2 saturated carbocycles. The first kappa shape index (κ1) is 17.9. The molecule has 2 amide bonds. The van der Waals surface area contributed by atoms with Crippen LogP contribution in [0, 0.1) is 24.7 Å². The van der Waals surface area contributed by atoms with Crippen LogP contribution in [-0.4, -0.2) is 36.3 Å². The molecule has 25 heavy (non-hydrogen) atoms. The Labute approximate surface area is 150 Å². The lowest BCUT2D eigenvalue weighted by Crippen LogP contribution is -2.49. The van der Waals surface area contributed by atoms with Gasteiger partial charge in [-0.3, -0.25) is 9.59 Å². The summed E-state index contributed by atoms with van der Waals surface area (Å²) in [7, 11) is 1.72. The second-order valence-corrected chi connectivity index (χ2v) is 7.81. The van der Waals surface area contributed by atoms with Gasteiger partial charge in [-0.1, -0.05) is 24.1 Å². The molecule has 0 aromatic heterocycles. The number of fused-ring (bicyclic) bond motifs is 2. The third kappa shape index (κ3) is 4.21. The number of aryl methyl sites for hydroxylation is 1. The van der Waals surface area contributed by atoms with E-state index >= 15 is 0 Å². The summed E-state index contributed by atoms with van der Waals surface area (Å²) in [6.07, 6.45) is 5.26. The Balaban J connectivity index is 1.53. The van der Waals surface area contributed by atoms with Crippen LogP contribution in [0.3, 0.4) is 0 Å². The molecule has 0 aliphatic heterocycles. The van der Waals surface area contributed by atoms with E-state index in [9.17, 15) is 9.59 Å². The molecule has 3 rings (SSSR count). The van der Waals surface area contributed by atoms with Gasteiger partial charge in [0.2, 0.25) is 11.8 Å². The maximum Gasteiger partial charge on any atom is 0.243 e. The second kappa shape index (κ2) is 7.56. The predicted octanol–water partition coefficient (Wildman–Crippen LogP) is 2.55. The first-order valence-electron chi connectivity index (χ1n) is 9.31. The van der Waals surface area contributed by atoms with Crippen molar-refractivity contribution >= 4 is 17.5 Å². The maximum atomic E-state index is 12.8. The summed E-state index contributed by atoms with van der Waals surface area (Å²) in [4.78, 5) is 26.6. The average molecular weight is 343 g/mol. The number of anilines is 1. The zero-order valence-electron chi connectivity index (χ0n) is 15.2. The van der Waals surface area contributed by atoms with E-state index in [0.717, 1.165) is 36.9 Å². The van der Waals surface area contributed by atoms with E-state index in [4.69, 9.17) is 5.73 Å². The highest BCUT2D eigenvalue weighted by Gasteiger charge is 2.41. The van der Waals surface area contributed by atoms with Crippen molar-refractivity contribution in [1.82, 2.24) is 4.90 Å². The van der Waals surface area contributed by atoms with Crippen molar-refractivity contribution < 1.29 is 9.59 Å². The lowest BCUT2D eigenvalue weighted by atomic mass is 9.65. The molecular formula is C20H29N3O2. The average Bonchev–Trinajstić information content (AvgIpc) is 2.56. The number of nitrogens with two attached hydrogens (primary N) is 1. The monoisotopic (exact) mass is 343 g/mol. The number of likely N-dealkylation sites (N-methyl/N-ethyl adjacent to an activating group) is 1. The van der Waals surface area contributed by atoms with Crippen molar-refractivity contribution in [1.29, 1.82) is 0 Å². The summed E-state index contributed by atoms with van der Waals surface area (Å²) in [6.45, 7) is 2.09. The van der Waals surface area contributed by atoms with Crippen LogP contribution in [0.4, 0.5) is 5.69 Å². The maximum absolute atomic E-state index is 12.8. The Morgan fingerprint density at radius 2 is 1.76 bits per heavy atom. The van der Waals surface area contributed by atoms with Gasteiger partial charge in [-0.15, -0.1) is 0 Å².